The molecule has 33 heavy (non-hydrogen) atoms. The zero-order valence-electron chi connectivity index (χ0n) is 20.0. The molecule has 4 aliphatic rings. The summed E-state index contributed by atoms with van der Waals surface area (Å²) in [5.41, 5.74) is -1.86. The molecular weight excluding hydrogens is 420 g/mol. The van der Waals surface area contributed by atoms with E-state index in [0.29, 0.717) is 18.4 Å². The van der Waals surface area contributed by atoms with Gasteiger partial charge in [0.1, 0.15) is 11.7 Å². The summed E-state index contributed by atoms with van der Waals surface area (Å²) in [5.74, 6) is -0.243. The monoisotopic (exact) mass is 456 g/mol. The molecule has 6 nitrogen and oxygen atoms in total. The number of aliphatic hydroxyl groups is 2. The molecule has 2 saturated carbocycles. The molecule has 0 radical (unpaired) electrons. The van der Waals surface area contributed by atoms with Crippen molar-refractivity contribution < 1.29 is 29.2 Å². The molecule has 2 heterocycles. The zero-order valence-corrected chi connectivity index (χ0v) is 20.0. The Morgan fingerprint density at radius 1 is 1.27 bits per heavy atom. The van der Waals surface area contributed by atoms with E-state index in [1.165, 1.54) is 0 Å². The summed E-state index contributed by atoms with van der Waals surface area (Å²) in [7, 11) is 0. The van der Waals surface area contributed by atoms with Crippen molar-refractivity contribution in [2.24, 2.45) is 28.6 Å². The minimum atomic E-state index is -1.06. The Hall–Kier alpha value is -1.73. The van der Waals surface area contributed by atoms with Crippen LogP contribution in [0.15, 0.2) is 43.0 Å². The summed E-state index contributed by atoms with van der Waals surface area (Å²) in [6, 6.07) is 8.92. The topological polar surface area (TPSA) is 85.2 Å². The molecule has 180 valence electrons. The minimum absolute atomic E-state index is 0.164. The van der Waals surface area contributed by atoms with Gasteiger partial charge in [-0.3, -0.25) is 0 Å². The highest BCUT2D eigenvalue weighted by molar-refractivity contribution is 5.89. The molecule has 2 aliphatic heterocycles. The molecule has 2 saturated heterocycles. The Labute approximate surface area is 195 Å². The second kappa shape index (κ2) is 7.38. The summed E-state index contributed by atoms with van der Waals surface area (Å²) in [4.78, 5) is 13.3. The van der Waals surface area contributed by atoms with Gasteiger partial charge in [-0.15, -0.1) is 6.58 Å². The maximum atomic E-state index is 13.3. The van der Waals surface area contributed by atoms with Gasteiger partial charge in [0.2, 0.25) is 0 Å². The minimum Gasteiger partial charge on any atom is -0.455 e. The molecule has 0 aromatic heterocycles. The van der Waals surface area contributed by atoms with Crippen molar-refractivity contribution in [2.45, 2.75) is 76.7 Å². The number of carbonyl (C=O) groups is 1. The molecule has 1 aromatic rings. The Kier molecular flexibility index (Phi) is 5.15. The number of carbonyl (C=O) groups excluding carboxylic acids is 1. The van der Waals surface area contributed by atoms with Crippen LogP contribution in [0.2, 0.25) is 0 Å². The lowest BCUT2D eigenvalue weighted by molar-refractivity contribution is -0.123. The fourth-order valence-corrected chi connectivity index (χ4v) is 7.93. The Morgan fingerprint density at radius 3 is 2.61 bits per heavy atom. The van der Waals surface area contributed by atoms with Gasteiger partial charge in [0.05, 0.1) is 23.9 Å². The van der Waals surface area contributed by atoms with Gasteiger partial charge >= 0.3 is 5.97 Å². The summed E-state index contributed by atoms with van der Waals surface area (Å²) in [6.45, 7) is 12.2. The van der Waals surface area contributed by atoms with Crippen molar-refractivity contribution in [3.63, 3.8) is 0 Å². The Balaban J connectivity index is 1.66. The van der Waals surface area contributed by atoms with E-state index in [-0.39, 0.29) is 35.9 Å². The van der Waals surface area contributed by atoms with Crippen LogP contribution in [-0.4, -0.2) is 52.5 Å². The van der Waals surface area contributed by atoms with Crippen LogP contribution < -0.4 is 0 Å². The van der Waals surface area contributed by atoms with Gasteiger partial charge in [-0.1, -0.05) is 45.0 Å². The normalized spacial score (nSPS) is 47.1. The summed E-state index contributed by atoms with van der Waals surface area (Å²) < 4.78 is 19.3. The first-order valence-corrected chi connectivity index (χ1v) is 12.1. The third-order valence-electron chi connectivity index (χ3n) is 9.33. The molecule has 2 aliphatic carbocycles. The van der Waals surface area contributed by atoms with Gasteiger partial charge in [0.15, 0.2) is 6.29 Å². The second-order valence-corrected chi connectivity index (χ2v) is 11.5. The van der Waals surface area contributed by atoms with Crippen LogP contribution in [0.1, 0.15) is 57.3 Å². The smallest absolute Gasteiger partial charge is 0.338 e. The van der Waals surface area contributed by atoms with E-state index in [1.807, 2.05) is 19.1 Å². The van der Waals surface area contributed by atoms with Crippen LogP contribution in [-0.2, 0) is 14.2 Å². The molecule has 1 aromatic carbocycles. The lowest BCUT2D eigenvalue weighted by Crippen LogP contribution is -2.53. The lowest BCUT2D eigenvalue weighted by atomic mass is 9.60. The maximum Gasteiger partial charge on any atom is 0.338 e. The molecule has 5 rings (SSSR count). The number of benzene rings is 1. The molecule has 9 atom stereocenters. The van der Waals surface area contributed by atoms with E-state index in [0.717, 1.165) is 6.42 Å². The van der Waals surface area contributed by atoms with Gasteiger partial charge in [0.25, 0.3) is 0 Å². The van der Waals surface area contributed by atoms with E-state index < -0.39 is 35.0 Å². The van der Waals surface area contributed by atoms with E-state index in [9.17, 15) is 15.0 Å². The van der Waals surface area contributed by atoms with Crippen LogP contribution in [0.4, 0.5) is 0 Å². The summed E-state index contributed by atoms with van der Waals surface area (Å²) in [5, 5.41) is 21.2. The first kappa shape index (κ1) is 23.0. The molecular formula is C27H36O6. The predicted molar refractivity (Wildman–Crippen MR) is 122 cm³/mol. The number of esters is 1. The summed E-state index contributed by atoms with van der Waals surface area (Å²) >= 11 is 0. The number of hydrogen-bond acceptors (Lipinski definition) is 6. The van der Waals surface area contributed by atoms with Crippen LogP contribution in [0.3, 0.4) is 0 Å². The Morgan fingerprint density at radius 2 is 1.97 bits per heavy atom. The number of hydrogen-bond donors (Lipinski definition) is 2. The highest BCUT2D eigenvalue weighted by Gasteiger charge is 2.87. The highest BCUT2D eigenvalue weighted by atomic mass is 16.6. The largest absolute Gasteiger partial charge is 0.455 e. The first-order chi connectivity index (χ1) is 15.6. The SMILES string of the molecule is C=CC[C@@]12CC(O)O[C@H]1[C@@H](C)C[C@H]1C(C)(C)[C@]13O[C@](C)(CO)[C@@H](OC(=O)c1ccccc1)[C@H]23. The van der Waals surface area contributed by atoms with E-state index >= 15 is 0 Å². The van der Waals surface area contributed by atoms with Crippen LogP contribution in [0, 0.1) is 28.6 Å². The quantitative estimate of drug-likeness (QED) is 0.519. The van der Waals surface area contributed by atoms with Gasteiger partial charge in [-0.05, 0) is 43.7 Å². The Bertz CT molecular complexity index is 945. The first-order valence-electron chi connectivity index (χ1n) is 12.1. The van der Waals surface area contributed by atoms with E-state index in [1.54, 1.807) is 24.3 Å². The van der Waals surface area contributed by atoms with Crippen molar-refractivity contribution in [3.05, 3.63) is 48.6 Å². The number of aliphatic hydroxyl groups excluding tert-OH is 2. The van der Waals surface area contributed by atoms with Crippen LogP contribution >= 0.6 is 0 Å². The third-order valence-corrected chi connectivity index (χ3v) is 9.33. The second-order valence-electron chi connectivity index (χ2n) is 11.5. The number of rotatable bonds is 5. The van der Waals surface area contributed by atoms with Crippen molar-refractivity contribution in [2.75, 3.05) is 6.61 Å². The fourth-order valence-electron chi connectivity index (χ4n) is 7.93. The average molecular weight is 457 g/mol. The molecule has 1 spiro atoms. The van der Waals surface area contributed by atoms with Gasteiger partial charge < -0.3 is 24.4 Å². The van der Waals surface area contributed by atoms with Gasteiger partial charge in [-0.2, -0.15) is 0 Å². The number of ether oxygens (including phenoxy) is 3. The van der Waals surface area contributed by atoms with E-state index in [4.69, 9.17) is 14.2 Å². The van der Waals surface area contributed by atoms with Crippen molar-refractivity contribution in [1.82, 2.24) is 0 Å². The van der Waals surface area contributed by atoms with Crippen LogP contribution in [0.25, 0.3) is 0 Å². The molecule has 4 fully saturated rings. The van der Waals surface area contributed by atoms with Crippen molar-refractivity contribution >= 4 is 5.97 Å². The molecule has 2 N–H and O–H groups in total. The molecule has 1 unspecified atom stereocenters. The highest BCUT2D eigenvalue weighted by Crippen LogP contribution is 2.80. The third kappa shape index (κ3) is 2.90. The zero-order chi connectivity index (χ0) is 23.8. The fraction of sp³-hybridized carbons (Fsp3) is 0.667. The predicted octanol–water partition coefficient (Wildman–Crippen LogP) is 3.71. The van der Waals surface area contributed by atoms with Crippen molar-refractivity contribution in [1.29, 1.82) is 0 Å². The maximum absolute atomic E-state index is 13.3. The van der Waals surface area contributed by atoms with E-state index in [2.05, 4.69) is 27.4 Å². The standard InChI is InChI=1S/C27H36O6/c1-6-12-26-14-19(29)31-21(26)16(2)13-18-24(3,4)27(18)20(26)22(25(5,15-28)33-27)32-23(30)17-10-8-7-9-11-17/h6-11,16,18-22,28-29H,1,12-15H2,2-5H3/t16-,18-,19?,20+,21-,22-,25+,26-,27-/m0/s1. The lowest BCUT2D eigenvalue weighted by Gasteiger charge is -2.45. The van der Waals surface area contributed by atoms with Gasteiger partial charge in [-0.25, -0.2) is 4.79 Å². The van der Waals surface area contributed by atoms with Gasteiger partial charge in [0, 0.05) is 23.2 Å². The molecule has 0 bridgehead atoms. The molecule has 6 heteroatoms. The number of allylic oxidation sites excluding steroid dienone is 1. The average Bonchev–Trinajstić information content (AvgIpc) is 3.03. The number of fused-ring (bicyclic) bond motifs is 2. The molecule has 0 amide bonds. The van der Waals surface area contributed by atoms with Crippen molar-refractivity contribution in [3.8, 4) is 0 Å². The summed E-state index contributed by atoms with van der Waals surface area (Å²) in [6.07, 6.45) is 2.01. The van der Waals surface area contributed by atoms with Crippen LogP contribution in [0.5, 0.6) is 0 Å².